The van der Waals surface area contributed by atoms with Gasteiger partial charge in [0.15, 0.2) is 0 Å². The molecule has 0 radical (unpaired) electrons. The van der Waals surface area contributed by atoms with Gasteiger partial charge >= 0.3 is 0 Å². The Kier molecular flexibility index (Phi) is 6.56. The smallest absolute Gasteiger partial charge is 0.257 e. The van der Waals surface area contributed by atoms with Crippen molar-refractivity contribution in [1.29, 1.82) is 0 Å². The van der Waals surface area contributed by atoms with E-state index in [1.54, 1.807) is 19.1 Å². The van der Waals surface area contributed by atoms with Crippen LogP contribution in [-0.2, 0) is 14.8 Å². The maximum atomic E-state index is 12.6. The van der Waals surface area contributed by atoms with Crippen LogP contribution in [-0.4, -0.2) is 20.2 Å². The molecule has 0 aliphatic rings. The summed E-state index contributed by atoms with van der Waals surface area (Å²) in [7, 11) is -3.81. The van der Waals surface area contributed by atoms with Crippen LogP contribution in [0.2, 0.25) is 0 Å². The number of sulfonamides is 1. The summed E-state index contributed by atoms with van der Waals surface area (Å²) < 4.78 is 23.7. The Labute approximate surface area is 167 Å². The van der Waals surface area contributed by atoms with Crippen LogP contribution in [0.5, 0.6) is 0 Å². The van der Waals surface area contributed by atoms with Crippen LogP contribution in [0.4, 0.5) is 11.4 Å². The summed E-state index contributed by atoms with van der Waals surface area (Å²) in [4.78, 5) is 24.3. The lowest BCUT2D eigenvalue weighted by molar-refractivity contribution is -0.115. The Hall–Kier alpha value is -1.75. The number of rotatable bonds is 5. The third-order valence-corrected chi connectivity index (χ3v) is 5.34. The van der Waals surface area contributed by atoms with Crippen LogP contribution < -0.4 is 15.8 Å². The van der Waals surface area contributed by atoms with E-state index in [9.17, 15) is 18.0 Å². The van der Waals surface area contributed by atoms with Gasteiger partial charge in [-0.15, -0.1) is 0 Å². The van der Waals surface area contributed by atoms with Crippen LogP contribution in [0.1, 0.15) is 23.7 Å². The Morgan fingerprint density at radius 3 is 2.23 bits per heavy atom. The molecule has 4 N–H and O–H groups in total. The van der Waals surface area contributed by atoms with E-state index in [0.717, 1.165) is 0 Å². The van der Waals surface area contributed by atoms with E-state index < -0.39 is 15.9 Å². The summed E-state index contributed by atoms with van der Waals surface area (Å²) in [6.45, 7) is 1.70. The number of anilines is 2. The number of carbonyl (C=O) groups excluding carboxylic acids is 2. The lowest BCUT2D eigenvalue weighted by Gasteiger charge is -2.14. The van der Waals surface area contributed by atoms with Crippen molar-refractivity contribution in [2.24, 2.45) is 5.14 Å². The molecule has 26 heavy (non-hydrogen) atoms. The van der Waals surface area contributed by atoms with Crippen molar-refractivity contribution < 1.29 is 18.0 Å². The summed E-state index contributed by atoms with van der Waals surface area (Å²) in [5.41, 5.74) is 0.966. The van der Waals surface area contributed by atoms with Crippen molar-refractivity contribution in [1.82, 2.24) is 0 Å². The van der Waals surface area contributed by atoms with E-state index in [1.165, 1.54) is 24.3 Å². The molecule has 0 unspecified atom stereocenters. The van der Waals surface area contributed by atoms with Crippen LogP contribution in [0, 0.1) is 0 Å². The summed E-state index contributed by atoms with van der Waals surface area (Å²) in [6, 6.07) is 8.72. The predicted molar refractivity (Wildman–Crippen MR) is 107 cm³/mol. The molecule has 7 nitrogen and oxygen atoms in total. The van der Waals surface area contributed by atoms with Gasteiger partial charge in [0.2, 0.25) is 15.9 Å². The topological polar surface area (TPSA) is 118 Å². The number of amides is 2. The predicted octanol–water partition coefficient (Wildman–Crippen LogP) is 3.46. The normalized spacial score (nSPS) is 11.1. The van der Waals surface area contributed by atoms with Gasteiger partial charge in [-0.25, -0.2) is 13.6 Å². The lowest BCUT2D eigenvalue weighted by atomic mass is 10.1. The van der Waals surface area contributed by atoms with Gasteiger partial charge in [-0.2, -0.15) is 0 Å². The van der Waals surface area contributed by atoms with Gasteiger partial charge in [0.05, 0.1) is 16.1 Å². The molecule has 0 saturated carbocycles. The fourth-order valence-electron chi connectivity index (χ4n) is 2.03. The average Bonchev–Trinajstić information content (AvgIpc) is 2.56. The molecule has 2 amide bonds. The van der Waals surface area contributed by atoms with Crippen molar-refractivity contribution in [3.8, 4) is 0 Å². The Morgan fingerprint density at radius 1 is 1.08 bits per heavy atom. The average molecular weight is 505 g/mol. The van der Waals surface area contributed by atoms with Gasteiger partial charge in [0.1, 0.15) is 0 Å². The minimum absolute atomic E-state index is 0.0587. The van der Waals surface area contributed by atoms with E-state index >= 15 is 0 Å². The standard InChI is InChI=1S/C16H15Br2N3O4S/c1-2-14(22)21-15-12(7-9(17)8-13(15)18)16(23)20-10-3-5-11(6-4-10)26(19,24)25/h3-8H,2H2,1H3,(H,20,23)(H,21,22)(H2,19,24,25). The quantitative estimate of drug-likeness (QED) is 0.577. The van der Waals surface area contributed by atoms with E-state index in [4.69, 9.17) is 5.14 Å². The monoisotopic (exact) mass is 503 g/mol. The minimum Gasteiger partial charge on any atom is -0.324 e. The molecule has 0 aliphatic heterocycles. The second kappa shape index (κ2) is 8.30. The molecular formula is C16H15Br2N3O4S. The maximum absolute atomic E-state index is 12.6. The summed E-state index contributed by atoms with van der Waals surface area (Å²) in [6.07, 6.45) is 0.262. The molecule has 0 heterocycles. The number of nitrogens with one attached hydrogen (secondary N) is 2. The van der Waals surface area contributed by atoms with Gasteiger partial charge in [0, 0.05) is 21.1 Å². The number of benzene rings is 2. The molecule has 0 aliphatic carbocycles. The second-order valence-corrected chi connectivity index (χ2v) is 8.57. The van der Waals surface area contributed by atoms with E-state index in [0.29, 0.717) is 20.3 Å². The summed E-state index contributed by atoms with van der Waals surface area (Å²) >= 11 is 6.65. The Bertz CT molecular complexity index is 960. The van der Waals surface area contributed by atoms with Crippen LogP contribution in [0.15, 0.2) is 50.2 Å². The molecule has 2 rings (SSSR count). The number of primary sulfonamides is 1. The van der Waals surface area contributed by atoms with E-state index in [-0.39, 0.29) is 22.8 Å². The fraction of sp³-hybridized carbons (Fsp3) is 0.125. The number of carbonyl (C=O) groups is 2. The first-order valence-corrected chi connectivity index (χ1v) is 10.5. The van der Waals surface area contributed by atoms with Gasteiger partial charge < -0.3 is 10.6 Å². The highest BCUT2D eigenvalue weighted by atomic mass is 79.9. The Balaban J connectivity index is 2.33. The van der Waals surface area contributed by atoms with Crippen LogP contribution in [0.25, 0.3) is 0 Å². The molecule has 2 aromatic rings. The molecule has 138 valence electrons. The highest BCUT2D eigenvalue weighted by Gasteiger charge is 2.18. The molecule has 2 aromatic carbocycles. The van der Waals surface area contributed by atoms with Crippen molar-refractivity contribution >= 4 is 65.1 Å². The van der Waals surface area contributed by atoms with E-state index in [2.05, 4.69) is 42.5 Å². The highest BCUT2D eigenvalue weighted by molar-refractivity contribution is 9.11. The summed E-state index contributed by atoms with van der Waals surface area (Å²) in [5.74, 6) is -0.707. The fourth-order valence-corrected chi connectivity index (χ4v) is 3.87. The lowest BCUT2D eigenvalue weighted by Crippen LogP contribution is -2.18. The van der Waals surface area contributed by atoms with Crippen molar-refractivity contribution in [2.45, 2.75) is 18.2 Å². The first-order valence-electron chi connectivity index (χ1n) is 7.35. The van der Waals surface area contributed by atoms with Crippen LogP contribution in [0.3, 0.4) is 0 Å². The number of nitrogens with two attached hydrogens (primary N) is 1. The zero-order chi connectivity index (χ0) is 19.5. The van der Waals surface area contributed by atoms with Gasteiger partial charge in [0.25, 0.3) is 5.91 Å². The van der Waals surface area contributed by atoms with Gasteiger partial charge in [-0.3, -0.25) is 9.59 Å². The molecule has 0 fully saturated rings. The van der Waals surface area contributed by atoms with Crippen molar-refractivity contribution in [2.75, 3.05) is 10.6 Å². The highest BCUT2D eigenvalue weighted by Crippen LogP contribution is 2.31. The molecular weight excluding hydrogens is 490 g/mol. The first-order chi connectivity index (χ1) is 12.1. The maximum Gasteiger partial charge on any atom is 0.257 e. The molecule has 0 saturated heterocycles. The Morgan fingerprint density at radius 2 is 1.69 bits per heavy atom. The minimum atomic E-state index is -3.81. The molecule has 0 bridgehead atoms. The van der Waals surface area contributed by atoms with Crippen LogP contribution >= 0.6 is 31.9 Å². The molecule has 10 heteroatoms. The van der Waals surface area contributed by atoms with Crippen molar-refractivity contribution in [3.05, 3.63) is 50.9 Å². The SMILES string of the molecule is CCC(=O)Nc1c(Br)cc(Br)cc1C(=O)Nc1ccc(S(N)(=O)=O)cc1. The molecule has 0 spiro atoms. The number of hydrogen-bond donors (Lipinski definition) is 3. The van der Waals surface area contributed by atoms with Crippen molar-refractivity contribution in [3.63, 3.8) is 0 Å². The zero-order valence-electron chi connectivity index (χ0n) is 13.5. The third-order valence-electron chi connectivity index (χ3n) is 3.33. The first kappa shape index (κ1) is 20.6. The molecule has 0 atom stereocenters. The third kappa shape index (κ3) is 5.13. The largest absolute Gasteiger partial charge is 0.324 e. The van der Waals surface area contributed by atoms with Gasteiger partial charge in [-0.05, 0) is 52.3 Å². The molecule has 0 aromatic heterocycles. The number of hydrogen-bond acceptors (Lipinski definition) is 4. The summed E-state index contributed by atoms with van der Waals surface area (Å²) in [5, 5.41) is 10.4. The second-order valence-electron chi connectivity index (χ2n) is 5.24. The van der Waals surface area contributed by atoms with Gasteiger partial charge in [-0.1, -0.05) is 22.9 Å². The van der Waals surface area contributed by atoms with E-state index in [1.807, 2.05) is 0 Å². The zero-order valence-corrected chi connectivity index (χ0v) is 17.5. The number of halogens is 2.